The number of piperidine rings is 1. The van der Waals surface area contributed by atoms with Gasteiger partial charge in [0.1, 0.15) is 0 Å². The predicted molar refractivity (Wildman–Crippen MR) is 65.2 cm³/mol. The largest absolute Gasteiger partial charge is 0.398 e. The molecule has 1 saturated heterocycles. The minimum Gasteiger partial charge on any atom is -0.398 e. The van der Waals surface area contributed by atoms with Gasteiger partial charge in [0.25, 0.3) is 5.91 Å². The van der Waals surface area contributed by atoms with Crippen molar-refractivity contribution in [3.05, 3.63) is 29.8 Å². The molecule has 0 bridgehead atoms. The molecule has 0 unspecified atom stereocenters. The third kappa shape index (κ3) is 2.18. The Bertz CT molecular complexity index is 389. The molecule has 1 aliphatic rings. The topological polar surface area (TPSA) is 46.3 Å². The summed E-state index contributed by atoms with van der Waals surface area (Å²) in [5, 5.41) is 0. The zero-order valence-electron chi connectivity index (χ0n) is 9.65. The molecule has 0 aliphatic carbocycles. The van der Waals surface area contributed by atoms with E-state index in [2.05, 4.69) is 6.92 Å². The fraction of sp³-hybridized carbons (Fsp3) is 0.462. The van der Waals surface area contributed by atoms with Crippen LogP contribution in [-0.2, 0) is 0 Å². The van der Waals surface area contributed by atoms with Gasteiger partial charge in [-0.15, -0.1) is 0 Å². The van der Waals surface area contributed by atoms with E-state index in [1.54, 1.807) is 12.1 Å². The number of carbonyl (C=O) groups excluding carboxylic acids is 1. The maximum atomic E-state index is 12.2. The molecule has 1 heterocycles. The highest BCUT2D eigenvalue weighted by atomic mass is 16.2. The number of rotatable bonds is 1. The van der Waals surface area contributed by atoms with Crippen LogP contribution in [0.3, 0.4) is 0 Å². The SMILES string of the molecule is C[C@@H]1CCCN(C(=O)c2ccccc2N)C1. The zero-order valence-corrected chi connectivity index (χ0v) is 9.65. The Morgan fingerprint density at radius 2 is 2.19 bits per heavy atom. The van der Waals surface area contributed by atoms with Crippen LogP contribution in [0, 0.1) is 5.92 Å². The number of carbonyl (C=O) groups is 1. The van der Waals surface area contributed by atoms with Crippen LogP contribution in [0.15, 0.2) is 24.3 Å². The van der Waals surface area contributed by atoms with Crippen LogP contribution in [0.5, 0.6) is 0 Å². The van der Waals surface area contributed by atoms with E-state index in [0.29, 0.717) is 17.2 Å². The Morgan fingerprint density at radius 1 is 1.44 bits per heavy atom. The highest BCUT2D eigenvalue weighted by Gasteiger charge is 2.22. The van der Waals surface area contributed by atoms with Crippen molar-refractivity contribution in [2.24, 2.45) is 5.92 Å². The molecule has 1 aromatic rings. The molecule has 1 atom stereocenters. The number of hydrogen-bond acceptors (Lipinski definition) is 2. The molecule has 0 radical (unpaired) electrons. The number of para-hydroxylation sites is 1. The van der Waals surface area contributed by atoms with Gasteiger partial charge in [-0.3, -0.25) is 4.79 Å². The standard InChI is InChI=1S/C13H18N2O/c1-10-5-4-8-15(9-10)13(16)11-6-2-3-7-12(11)14/h2-3,6-7,10H,4-5,8-9,14H2,1H3/t10-/m1/s1. The van der Waals surface area contributed by atoms with Crippen molar-refractivity contribution in [2.75, 3.05) is 18.8 Å². The van der Waals surface area contributed by atoms with Crippen LogP contribution < -0.4 is 5.73 Å². The van der Waals surface area contributed by atoms with E-state index < -0.39 is 0 Å². The average molecular weight is 218 g/mol. The van der Waals surface area contributed by atoms with Crippen LogP contribution >= 0.6 is 0 Å². The first-order valence-corrected chi connectivity index (χ1v) is 5.82. The number of anilines is 1. The summed E-state index contributed by atoms with van der Waals surface area (Å²) in [6, 6.07) is 7.29. The van der Waals surface area contributed by atoms with E-state index in [9.17, 15) is 4.79 Å². The second kappa shape index (κ2) is 4.56. The maximum Gasteiger partial charge on any atom is 0.255 e. The molecule has 1 aromatic carbocycles. The molecule has 16 heavy (non-hydrogen) atoms. The highest BCUT2D eigenvalue weighted by molar-refractivity contribution is 5.99. The molecule has 0 spiro atoms. The van der Waals surface area contributed by atoms with E-state index in [0.717, 1.165) is 19.5 Å². The molecule has 3 heteroatoms. The Balaban J connectivity index is 2.16. The van der Waals surface area contributed by atoms with E-state index in [1.165, 1.54) is 6.42 Å². The molecule has 1 fully saturated rings. The number of nitrogens with two attached hydrogens (primary N) is 1. The molecular formula is C13H18N2O. The number of likely N-dealkylation sites (tertiary alicyclic amines) is 1. The smallest absolute Gasteiger partial charge is 0.255 e. The third-order valence-corrected chi connectivity index (χ3v) is 3.14. The minimum atomic E-state index is 0.0738. The lowest BCUT2D eigenvalue weighted by Crippen LogP contribution is -2.39. The van der Waals surface area contributed by atoms with Gasteiger partial charge in [-0.25, -0.2) is 0 Å². The fourth-order valence-corrected chi connectivity index (χ4v) is 2.24. The first kappa shape index (κ1) is 11.0. The van der Waals surface area contributed by atoms with Gasteiger partial charge in [-0.2, -0.15) is 0 Å². The van der Waals surface area contributed by atoms with Crippen LogP contribution in [-0.4, -0.2) is 23.9 Å². The lowest BCUT2D eigenvalue weighted by atomic mass is 9.99. The van der Waals surface area contributed by atoms with Crippen molar-refractivity contribution < 1.29 is 4.79 Å². The van der Waals surface area contributed by atoms with Gasteiger partial charge < -0.3 is 10.6 Å². The van der Waals surface area contributed by atoms with Crippen molar-refractivity contribution in [2.45, 2.75) is 19.8 Å². The second-order valence-corrected chi connectivity index (χ2v) is 4.59. The van der Waals surface area contributed by atoms with E-state index in [1.807, 2.05) is 17.0 Å². The number of benzene rings is 1. The first-order chi connectivity index (χ1) is 7.68. The van der Waals surface area contributed by atoms with Crippen LogP contribution in [0.1, 0.15) is 30.1 Å². The van der Waals surface area contributed by atoms with Crippen LogP contribution in [0.25, 0.3) is 0 Å². The Morgan fingerprint density at radius 3 is 2.88 bits per heavy atom. The van der Waals surface area contributed by atoms with Crippen LogP contribution in [0.2, 0.25) is 0 Å². The second-order valence-electron chi connectivity index (χ2n) is 4.59. The number of hydrogen-bond donors (Lipinski definition) is 1. The van der Waals surface area contributed by atoms with Gasteiger partial charge in [-0.05, 0) is 30.9 Å². The highest BCUT2D eigenvalue weighted by Crippen LogP contribution is 2.20. The van der Waals surface area contributed by atoms with Crippen molar-refractivity contribution in [3.8, 4) is 0 Å². The molecule has 0 saturated carbocycles. The van der Waals surface area contributed by atoms with E-state index in [-0.39, 0.29) is 5.91 Å². The Kier molecular flexibility index (Phi) is 3.13. The van der Waals surface area contributed by atoms with Gasteiger partial charge in [-0.1, -0.05) is 19.1 Å². The van der Waals surface area contributed by atoms with Gasteiger partial charge in [0.15, 0.2) is 0 Å². The lowest BCUT2D eigenvalue weighted by Gasteiger charge is -2.31. The zero-order chi connectivity index (χ0) is 11.5. The Labute approximate surface area is 96.2 Å². The molecule has 2 N–H and O–H groups in total. The summed E-state index contributed by atoms with van der Waals surface area (Å²) < 4.78 is 0. The van der Waals surface area contributed by atoms with E-state index in [4.69, 9.17) is 5.73 Å². The van der Waals surface area contributed by atoms with Gasteiger partial charge in [0.05, 0.1) is 5.56 Å². The molecular weight excluding hydrogens is 200 g/mol. The summed E-state index contributed by atoms with van der Waals surface area (Å²) >= 11 is 0. The summed E-state index contributed by atoms with van der Waals surface area (Å²) in [5.41, 5.74) is 7.03. The van der Waals surface area contributed by atoms with Gasteiger partial charge in [0, 0.05) is 18.8 Å². The van der Waals surface area contributed by atoms with Crippen LogP contribution in [0.4, 0.5) is 5.69 Å². The molecule has 1 amide bonds. The fourth-order valence-electron chi connectivity index (χ4n) is 2.24. The molecule has 3 nitrogen and oxygen atoms in total. The van der Waals surface area contributed by atoms with Crippen molar-refractivity contribution in [3.63, 3.8) is 0 Å². The lowest BCUT2D eigenvalue weighted by molar-refractivity contribution is 0.0684. The van der Waals surface area contributed by atoms with Gasteiger partial charge in [0.2, 0.25) is 0 Å². The number of nitrogens with zero attached hydrogens (tertiary/aromatic N) is 1. The average Bonchev–Trinajstić information content (AvgIpc) is 2.29. The quantitative estimate of drug-likeness (QED) is 0.734. The molecule has 0 aromatic heterocycles. The maximum absolute atomic E-state index is 12.2. The summed E-state index contributed by atoms with van der Waals surface area (Å²) in [4.78, 5) is 14.1. The summed E-state index contributed by atoms with van der Waals surface area (Å²) in [5.74, 6) is 0.673. The molecule has 1 aliphatic heterocycles. The monoisotopic (exact) mass is 218 g/mol. The van der Waals surface area contributed by atoms with Gasteiger partial charge >= 0.3 is 0 Å². The summed E-state index contributed by atoms with van der Waals surface area (Å²) in [6.07, 6.45) is 2.31. The van der Waals surface area contributed by atoms with E-state index >= 15 is 0 Å². The van der Waals surface area contributed by atoms with Crippen molar-refractivity contribution in [1.29, 1.82) is 0 Å². The number of nitrogen functional groups attached to an aromatic ring is 1. The number of amides is 1. The minimum absolute atomic E-state index is 0.0738. The predicted octanol–water partition coefficient (Wildman–Crippen LogP) is 2.14. The first-order valence-electron chi connectivity index (χ1n) is 5.82. The molecule has 86 valence electrons. The van der Waals surface area contributed by atoms with Crippen molar-refractivity contribution in [1.82, 2.24) is 4.90 Å². The normalized spacial score (nSPS) is 20.8. The summed E-state index contributed by atoms with van der Waals surface area (Å²) in [7, 11) is 0. The van der Waals surface area contributed by atoms with Crippen molar-refractivity contribution >= 4 is 11.6 Å². The molecule has 2 rings (SSSR count). The third-order valence-electron chi connectivity index (χ3n) is 3.14. The Hall–Kier alpha value is -1.51. The summed E-state index contributed by atoms with van der Waals surface area (Å²) in [6.45, 7) is 3.90.